The molecule has 1 aromatic carbocycles. The monoisotopic (exact) mass is 523 g/mol. The van der Waals surface area contributed by atoms with E-state index in [1.807, 2.05) is 0 Å². The molecule has 1 atom stereocenters. The fourth-order valence-electron chi connectivity index (χ4n) is 4.19. The van der Waals surface area contributed by atoms with Crippen LogP contribution in [0.25, 0.3) is 33.5 Å². The summed E-state index contributed by atoms with van der Waals surface area (Å²) in [5, 5.41) is 2.54. The second-order valence-corrected chi connectivity index (χ2v) is 8.41. The summed E-state index contributed by atoms with van der Waals surface area (Å²) in [4.78, 5) is 28.4. The number of alkyl halides is 2. The number of nitrogens with zero attached hydrogens (tertiary/aromatic N) is 3. The molecule has 11 heteroatoms. The molecule has 0 aliphatic carbocycles. The van der Waals surface area contributed by atoms with Crippen LogP contribution in [0.1, 0.15) is 17.9 Å². The SMILES string of the molecule is O=C(Nc1cc(-c2[nH]c3ccc(F)nc3c2-c2cc(F)ccn2)ccn1)[C@H](CC(F)F)c1ccc(F)cc1. The Morgan fingerprint density at radius 1 is 0.895 bits per heavy atom. The van der Waals surface area contributed by atoms with Crippen molar-refractivity contribution in [2.24, 2.45) is 0 Å². The lowest BCUT2D eigenvalue weighted by Crippen LogP contribution is -2.23. The number of carbonyl (C=O) groups excluding carboxylic acids is 1. The maximum atomic E-state index is 14.0. The van der Waals surface area contributed by atoms with Crippen LogP contribution in [0.5, 0.6) is 0 Å². The van der Waals surface area contributed by atoms with Crippen molar-refractivity contribution in [3.8, 4) is 22.5 Å². The molecular formula is C27H18F5N5O. The van der Waals surface area contributed by atoms with Gasteiger partial charge in [0, 0.05) is 30.4 Å². The zero-order chi connectivity index (χ0) is 26.8. The number of carbonyl (C=O) groups is 1. The Morgan fingerprint density at radius 2 is 1.66 bits per heavy atom. The van der Waals surface area contributed by atoms with Gasteiger partial charge < -0.3 is 10.3 Å². The fourth-order valence-corrected chi connectivity index (χ4v) is 4.19. The van der Waals surface area contributed by atoms with Crippen LogP contribution < -0.4 is 5.32 Å². The van der Waals surface area contributed by atoms with Gasteiger partial charge in [-0.1, -0.05) is 12.1 Å². The van der Waals surface area contributed by atoms with E-state index in [2.05, 4.69) is 25.3 Å². The highest BCUT2D eigenvalue weighted by Gasteiger charge is 2.26. The molecule has 0 saturated heterocycles. The average Bonchev–Trinajstić information content (AvgIpc) is 3.26. The summed E-state index contributed by atoms with van der Waals surface area (Å²) in [7, 11) is 0. The number of pyridine rings is 3. The highest BCUT2D eigenvalue weighted by molar-refractivity contribution is 6.01. The maximum absolute atomic E-state index is 14.0. The molecule has 0 fully saturated rings. The summed E-state index contributed by atoms with van der Waals surface area (Å²) in [5.74, 6) is -3.82. The third-order valence-corrected chi connectivity index (χ3v) is 5.89. The molecule has 4 aromatic heterocycles. The number of benzene rings is 1. The molecule has 0 saturated carbocycles. The van der Waals surface area contributed by atoms with Gasteiger partial charge in [0.15, 0.2) is 0 Å². The van der Waals surface area contributed by atoms with Crippen LogP contribution in [0.15, 0.2) is 73.1 Å². The Kier molecular flexibility index (Phi) is 6.82. The smallest absolute Gasteiger partial charge is 0.239 e. The van der Waals surface area contributed by atoms with E-state index in [4.69, 9.17) is 0 Å². The van der Waals surface area contributed by atoms with Crippen LogP contribution in [0.2, 0.25) is 0 Å². The molecular weight excluding hydrogens is 505 g/mol. The van der Waals surface area contributed by atoms with Crippen molar-refractivity contribution >= 4 is 22.8 Å². The number of hydrogen-bond donors (Lipinski definition) is 2. The zero-order valence-electron chi connectivity index (χ0n) is 19.4. The third kappa shape index (κ3) is 5.22. The molecule has 1 amide bonds. The predicted molar refractivity (Wildman–Crippen MR) is 131 cm³/mol. The first-order valence-corrected chi connectivity index (χ1v) is 11.4. The van der Waals surface area contributed by atoms with Crippen LogP contribution in [0.3, 0.4) is 0 Å². The van der Waals surface area contributed by atoms with Gasteiger partial charge in [-0.3, -0.25) is 9.78 Å². The van der Waals surface area contributed by atoms with Crippen molar-refractivity contribution < 1.29 is 26.7 Å². The molecule has 5 rings (SSSR count). The lowest BCUT2D eigenvalue weighted by atomic mass is 9.95. The number of nitrogens with one attached hydrogen (secondary N) is 2. The summed E-state index contributed by atoms with van der Waals surface area (Å²) < 4.78 is 67.9. The van der Waals surface area contributed by atoms with Crippen molar-refractivity contribution in [1.29, 1.82) is 0 Å². The van der Waals surface area contributed by atoms with Gasteiger partial charge in [0.2, 0.25) is 18.3 Å². The first-order chi connectivity index (χ1) is 18.3. The number of amides is 1. The molecule has 5 aromatic rings. The number of aromatic nitrogens is 4. The van der Waals surface area contributed by atoms with Crippen molar-refractivity contribution in [3.05, 3.63) is 96.2 Å². The van der Waals surface area contributed by atoms with Crippen molar-refractivity contribution in [3.63, 3.8) is 0 Å². The maximum Gasteiger partial charge on any atom is 0.239 e. The molecule has 38 heavy (non-hydrogen) atoms. The Bertz CT molecular complexity index is 1620. The Labute approximate surface area is 212 Å². The van der Waals surface area contributed by atoms with E-state index < -0.39 is 42.3 Å². The van der Waals surface area contributed by atoms with Gasteiger partial charge in [-0.15, -0.1) is 0 Å². The Balaban J connectivity index is 1.53. The predicted octanol–water partition coefficient (Wildman–Crippen LogP) is 6.48. The molecule has 2 N–H and O–H groups in total. The topological polar surface area (TPSA) is 83.6 Å². The molecule has 0 spiro atoms. The van der Waals surface area contributed by atoms with Gasteiger partial charge in [0.05, 0.1) is 28.4 Å². The van der Waals surface area contributed by atoms with Crippen molar-refractivity contribution in [1.82, 2.24) is 19.9 Å². The normalized spacial score (nSPS) is 12.2. The second kappa shape index (κ2) is 10.4. The molecule has 0 unspecified atom stereocenters. The van der Waals surface area contributed by atoms with E-state index in [0.29, 0.717) is 22.3 Å². The summed E-state index contributed by atoms with van der Waals surface area (Å²) in [6.45, 7) is 0. The minimum absolute atomic E-state index is 0.0461. The van der Waals surface area contributed by atoms with Crippen LogP contribution >= 0.6 is 0 Å². The summed E-state index contributed by atoms with van der Waals surface area (Å²) in [6, 6.07) is 12.8. The van der Waals surface area contributed by atoms with Gasteiger partial charge in [0.1, 0.15) is 23.0 Å². The molecule has 0 aliphatic heterocycles. The van der Waals surface area contributed by atoms with Crippen molar-refractivity contribution in [2.45, 2.75) is 18.8 Å². The summed E-state index contributed by atoms with van der Waals surface area (Å²) >= 11 is 0. The number of halogens is 5. The van der Waals surface area contributed by atoms with Crippen LogP contribution in [-0.4, -0.2) is 32.3 Å². The first kappa shape index (κ1) is 25.0. The molecule has 4 heterocycles. The van der Waals surface area contributed by atoms with Crippen molar-refractivity contribution in [2.75, 3.05) is 5.32 Å². The quantitative estimate of drug-likeness (QED) is 0.189. The van der Waals surface area contributed by atoms with Crippen LogP contribution in [0.4, 0.5) is 27.8 Å². The molecule has 6 nitrogen and oxygen atoms in total. The van der Waals surface area contributed by atoms with E-state index in [1.165, 1.54) is 54.9 Å². The average molecular weight is 523 g/mol. The van der Waals surface area contributed by atoms with Gasteiger partial charge in [-0.05, 0) is 48.0 Å². The van der Waals surface area contributed by atoms with E-state index in [1.54, 1.807) is 6.07 Å². The molecule has 0 radical (unpaired) electrons. The number of anilines is 1. The minimum atomic E-state index is -2.78. The first-order valence-electron chi connectivity index (χ1n) is 11.4. The van der Waals surface area contributed by atoms with Gasteiger partial charge in [0.25, 0.3) is 0 Å². The number of H-pyrrole nitrogens is 1. The molecule has 0 aliphatic rings. The summed E-state index contributed by atoms with van der Waals surface area (Å²) in [5.41, 5.74) is 2.28. The highest BCUT2D eigenvalue weighted by atomic mass is 19.3. The zero-order valence-corrected chi connectivity index (χ0v) is 19.4. The second-order valence-electron chi connectivity index (χ2n) is 8.41. The Morgan fingerprint density at radius 3 is 2.39 bits per heavy atom. The molecule has 0 bridgehead atoms. The largest absolute Gasteiger partial charge is 0.353 e. The number of rotatable bonds is 7. The number of hydrogen-bond acceptors (Lipinski definition) is 4. The van der Waals surface area contributed by atoms with Crippen LogP contribution in [-0.2, 0) is 4.79 Å². The number of fused-ring (bicyclic) bond motifs is 1. The Hall–Kier alpha value is -4.67. The van der Waals surface area contributed by atoms with Gasteiger partial charge in [-0.25, -0.2) is 27.5 Å². The van der Waals surface area contributed by atoms with E-state index in [-0.39, 0.29) is 22.6 Å². The van der Waals surface area contributed by atoms with E-state index in [0.717, 1.165) is 12.1 Å². The van der Waals surface area contributed by atoms with Crippen LogP contribution in [0, 0.1) is 17.6 Å². The molecule has 192 valence electrons. The standard InChI is InChI=1S/C27H18F5N5O/c28-16-3-1-14(2-4-16)18(13-21(30)31)27(38)37-23-11-15(7-9-34-23)25-24(20-12-17(29)8-10-33-20)26-19(35-25)5-6-22(32)36-26/h1-12,18,21,35H,13H2,(H,34,37,38)/t18-/m1/s1. The van der Waals surface area contributed by atoms with Gasteiger partial charge >= 0.3 is 0 Å². The fraction of sp³-hybridized carbons (Fsp3) is 0.111. The van der Waals surface area contributed by atoms with Gasteiger partial charge in [-0.2, -0.15) is 4.39 Å². The van der Waals surface area contributed by atoms with E-state index in [9.17, 15) is 26.7 Å². The number of aromatic amines is 1. The van der Waals surface area contributed by atoms with E-state index >= 15 is 0 Å². The minimum Gasteiger partial charge on any atom is -0.353 e. The highest BCUT2D eigenvalue weighted by Crippen LogP contribution is 2.37. The third-order valence-electron chi connectivity index (χ3n) is 5.89. The lowest BCUT2D eigenvalue weighted by Gasteiger charge is -2.17. The summed E-state index contributed by atoms with van der Waals surface area (Å²) in [6.07, 6.45) is -0.904. The lowest BCUT2D eigenvalue weighted by molar-refractivity contribution is -0.118.